The molecule has 62 valence electrons. The Balaban J connectivity index is 0.00000121. The monoisotopic (exact) mass is 153 g/mol. The predicted molar refractivity (Wildman–Crippen MR) is 46.9 cm³/mol. The Kier molecular flexibility index (Phi) is 2.90. The lowest BCUT2D eigenvalue weighted by Gasteiger charge is -2.00. The van der Waals surface area contributed by atoms with Crippen molar-refractivity contribution < 1.29 is 6.16 Å². The first-order chi connectivity index (χ1) is 5.36. The predicted octanol–water partition coefficient (Wildman–Crippen LogP) is 2.29. The van der Waals surface area contributed by atoms with Crippen LogP contribution in [0.4, 0.5) is 0 Å². The minimum atomic E-state index is 0. The number of nitrogens with zero attached hydrogens (tertiary/aromatic N) is 1. The van der Waals surface area contributed by atoms with E-state index in [0.717, 1.165) is 12.8 Å². The second-order valence-corrected chi connectivity index (χ2v) is 2.46. The number of rotatable bonds is 3. The zero-order valence-electron chi connectivity index (χ0n) is 7.00. The van der Waals surface area contributed by atoms with E-state index in [9.17, 15) is 0 Å². The molecule has 1 aromatic heterocycles. The molecule has 2 heteroatoms. The van der Waals surface area contributed by atoms with Crippen molar-refractivity contribution in [1.29, 1.82) is 0 Å². The average Bonchev–Trinajstić information content (AvgIpc) is 2.06. The second kappa shape index (κ2) is 3.96. The van der Waals surface area contributed by atoms with E-state index in [2.05, 4.69) is 11.9 Å². The summed E-state index contributed by atoms with van der Waals surface area (Å²) >= 11 is 0. The highest BCUT2D eigenvalue weighted by atomic mass is 16.5. The fourth-order valence-electron chi connectivity index (χ4n) is 1.01. The molecule has 1 aromatic rings. The molecule has 0 radical (unpaired) electrons. The summed E-state index contributed by atoms with van der Waals surface area (Å²) in [5.74, 6) is 0.705. The Morgan fingerprint density at radius 3 is 3.09 bits per heavy atom. The summed E-state index contributed by atoms with van der Waals surface area (Å²) in [4.78, 5) is 4.02. The molecule has 0 atom stereocenters. The van der Waals surface area contributed by atoms with Crippen LogP contribution in [0, 0.1) is 0 Å². The lowest BCUT2D eigenvalue weighted by atomic mass is 10.2. The van der Waals surface area contributed by atoms with Gasteiger partial charge < -0.3 is 4.74 Å². The van der Waals surface area contributed by atoms with Gasteiger partial charge in [0.1, 0.15) is 0 Å². The van der Waals surface area contributed by atoms with Crippen LogP contribution >= 0.6 is 0 Å². The van der Waals surface area contributed by atoms with Crippen LogP contribution in [0.2, 0.25) is 0 Å². The highest BCUT2D eigenvalue weighted by molar-refractivity contribution is 5.20. The lowest BCUT2D eigenvalue weighted by molar-refractivity contribution is 0.397. The van der Waals surface area contributed by atoms with Crippen molar-refractivity contribution in [1.82, 2.24) is 4.98 Å². The van der Waals surface area contributed by atoms with E-state index < -0.39 is 0 Å². The zero-order valence-corrected chi connectivity index (χ0v) is 7.00. The normalized spacial score (nSPS) is 9.64. The summed E-state index contributed by atoms with van der Waals surface area (Å²) in [7, 11) is 1.64. The number of hydrogen-bond donors (Lipinski definition) is 0. The molecule has 0 saturated carbocycles. The molecule has 0 fully saturated rings. The van der Waals surface area contributed by atoms with Crippen LogP contribution in [0.15, 0.2) is 18.3 Å². The molecule has 0 aliphatic heterocycles. The average molecular weight is 153 g/mol. The molecule has 0 saturated heterocycles. The third-order valence-electron chi connectivity index (χ3n) is 1.55. The molecule has 0 N–H and O–H groups in total. The van der Waals surface area contributed by atoms with Gasteiger partial charge in [-0.25, -0.2) is 4.98 Å². The van der Waals surface area contributed by atoms with Crippen LogP contribution in [0.1, 0.15) is 20.3 Å². The maximum Gasteiger partial charge on any atom is 0.213 e. The highest BCUT2D eigenvalue weighted by Crippen LogP contribution is 2.09. The van der Waals surface area contributed by atoms with Crippen LogP contribution in [0.25, 0.3) is 0 Å². The Morgan fingerprint density at radius 2 is 2.45 bits per heavy atom. The minimum Gasteiger partial charge on any atom is -0.481 e. The van der Waals surface area contributed by atoms with Gasteiger partial charge in [0.15, 0.2) is 0 Å². The van der Waals surface area contributed by atoms with Crippen LogP contribution in [0.5, 0.6) is 5.88 Å². The van der Waals surface area contributed by atoms with Gasteiger partial charge in [-0.05, 0) is 18.1 Å². The molecule has 1 heterocycles. The van der Waals surface area contributed by atoms with Crippen LogP contribution in [-0.4, -0.2) is 12.1 Å². The van der Waals surface area contributed by atoms with Gasteiger partial charge in [-0.2, -0.15) is 0 Å². The number of methoxy groups -OCH3 is 1. The highest BCUT2D eigenvalue weighted by Gasteiger charge is 1.94. The van der Waals surface area contributed by atoms with Crippen LogP contribution < -0.4 is 4.74 Å². The van der Waals surface area contributed by atoms with E-state index in [1.165, 1.54) is 5.56 Å². The second-order valence-electron chi connectivity index (χ2n) is 2.46. The fourth-order valence-corrected chi connectivity index (χ4v) is 1.01. The van der Waals surface area contributed by atoms with Gasteiger partial charge in [0.2, 0.25) is 5.88 Å². The number of ether oxygens (including phenoxy) is 1. The quantitative estimate of drug-likeness (QED) is 0.664. The van der Waals surface area contributed by atoms with Crippen molar-refractivity contribution in [2.45, 2.75) is 19.8 Å². The molecule has 0 bridgehead atoms. The van der Waals surface area contributed by atoms with E-state index in [1.807, 2.05) is 12.1 Å². The lowest BCUT2D eigenvalue weighted by Crippen LogP contribution is -1.89. The smallest absolute Gasteiger partial charge is 0.213 e. The summed E-state index contributed by atoms with van der Waals surface area (Å²) in [6, 6.07) is 4.00. The molecule has 0 aliphatic rings. The molecule has 0 aromatic carbocycles. The van der Waals surface area contributed by atoms with E-state index in [-0.39, 0.29) is 1.43 Å². The summed E-state index contributed by atoms with van der Waals surface area (Å²) in [5.41, 5.74) is 1.29. The molecule has 11 heavy (non-hydrogen) atoms. The molecule has 1 rings (SSSR count). The van der Waals surface area contributed by atoms with Gasteiger partial charge >= 0.3 is 0 Å². The van der Waals surface area contributed by atoms with Gasteiger partial charge in [-0.3, -0.25) is 0 Å². The van der Waals surface area contributed by atoms with Gasteiger partial charge in [0.25, 0.3) is 0 Å². The molecule has 2 nitrogen and oxygen atoms in total. The summed E-state index contributed by atoms with van der Waals surface area (Å²) in [6.07, 6.45) is 4.04. The maximum absolute atomic E-state index is 4.99. The molecule has 0 amide bonds. The molecular formula is C9H15NO. The van der Waals surface area contributed by atoms with E-state index in [4.69, 9.17) is 4.74 Å². The van der Waals surface area contributed by atoms with Crippen LogP contribution in [0.3, 0.4) is 0 Å². The van der Waals surface area contributed by atoms with Crippen molar-refractivity contribution in [3.8, 4) is 5.88 Å². The van der Waals surface area contributed by atoms with Gasteiger partial charge in [-0.1, -0.05) is 13.3 Å². The molecular weight excluding hydrogens is 138 g/mol. The summed E-state index contributed by atoms with van der Waals surface area (Å²) in [6.45, 7) is 2.16. The molecule has 0 unspecified atom stereocenters. The molecule has 0 aliphatic carbocycles. The maximum atomic E-state index is 4.99. The summed E-state index contributed by atoms with van der Waals surface area (Å²) in [5, 5.41) is 0. The van der Waals surface area contributed by atoms with E-state index >= 15 is 0 Å². The van der Waals surface area contributed by atoms with Crippen molar-refractivity contribution >= 4 is 0 Å². The Hall–Kier alpha value is -1.05. The first kappa shape index (κ1) is 8.05. The number of pyridine rings is 1. The van der Waals surface area contributed by atoms with Crippen molar-refractivity contribution in [2.24, 2.45) is 0 Å². The van der Waals surface area contributed by atoms with Gasteiger partial charge in [0, 0.05) is 13.7 Å². The Morgan fingerprint density at radius 1 is 1.64 bits per heavy atom. The number of aryl methyl sites for hydroxylation is 1. The number of hydrogen-bond acceptors (Lipinski definition) is 2. The zero-order chi connectivity index (χ0) is 8.10. The minimum absolute atomic E-state index is 0. The third kappa shape index (κ3) is 2.22. The largest absolute Gasteiger partial charge is 0.481 e. The fraction of sp³-hybridized carbons (Fsp3) is 0.444. The first-order valence-corrected chi connectivity index (χ1v) is 3.85. The van der Waals surface area contributed by atoms with Crippen molar-refractivity contribution in [3.63, 3.8) is 0 Å². The van der Waals surface area contributed by atoms with Crippen molar-refractivity contribution in [2.75, 3.05) is 7.11 Å². The first-order valence-electron chi connectivity index (χ1n) is 3.85. The van der Waals surface area contributed by atoms with E-state index in [0.29, 0.717) is 5.88 Å². The molecule has 0 spiro atoms. The summed E-state index contributed by atoms with van der Waals surface area (Å²) < 4.78 is 4.99. The topological polar surface area (TPSA) is 22.1 Å². The SMILES string of the molecule is CCCc1ccnc(OC)c1.[HH]. The number of aromatic nitrogens is 1. The van der Waals surface area contributed by atoms with Crippen LogP contribution in [-0.2, 0) is 6.42 Å². The van der Waals surface area contributed by atoms with Gasteiger partial charge in [0.05, 0.1) is 7.11 Å². The van der Waals surface area contributed by atoms with E-state index in [1.54, 1.807) is 13.3 Å². The Labute approximate surface area is 68.7 Å². The van der Waals surface area contributed by atoms with Gasteiger partial charge in [-0.15, -0.1) is 0 Å². The standard InChI is InChI=1S/C9H13NO.H2/c1-3-4-8-5-6-10-9(7-8)11-2;/h5-7H,3-4H2,1-2H3;1H. The third-order valence-corrected chi connectivity index (χ3v) is 1.55. The Bertz CT molecular complexity index is 228. The van der Waals surface area contributed by atoms with Crippen molar-refractivity contribution in [3.05, 3.63) is 23.9 Å².